The van der Waals surface area contributed by atoms with Crippen molar-refractivity contribution in [2.24, 2.45) is 5.10 Å². The number of sulfonamides is 1. The van der Waals surface area contributed by atoms with Gasteiger partial charge in [0.2, 0.25) is 0 Å². The summed E-state index contributed by atoms with van der Waals surface area (Å²) in [5, 5.41) is 3.82. The number of benzene rings is 2. The highest BCUT2D eigenvalue weighted by atomic mass is 32.2. The summed E-state index contributed by atoms with van der Waals surface area (Å²) in [4.78, 5) is 2.30. The summed E-state index contributed by atoms with van der Waals surface area (Å²) in [5.41, 5.74) is 1.45. The Hall–Kier alpha value is -2.74. The van der Waals surface area contributed by atoms with Crippen LogP contribution < -0.4 is 19.0 Å². The lowest BCUT2D eigenvalue weighted by Gasteiger charge is -2.12. The van der Waals surface area contributed by atoms with Gasteiger partial charge in [0.1, 0.15) is 17.2 Å². The maximum atomic E-state index is 12.2. The smallest absolute Gasteiger partial charge is 0.276 e. The minimum atomic E-state index is -3.75. The molecule has 7 nitrogen and oxygen atoms in total. The van der Waals surface area contributed by atoms with Crippen LogP contribution in [0.4, 0.5) is 0 Å². The maximum Gasteiger partial charge on any atom is 0.276 e. The molecule has 0 unspecified atom stereocenters. The molecule has 0 amide bonds. The summed E-state index contributed by atoms with van der Waals surface area (Å²) in [5.74, 6) is 1.43. The van der Waals surface area contributed by atoms with Crippen molar-refractivity contribution < 1.29 is 22.6 Å². The summed E-state index contributed by atoms with van der Waals surface area (Å²) in [7, 11) is 0.748. The van der Waals surface area contributed by atoms with E-state index in [2.05, 4.69) is 9.93 Å². The van der Waals surface area contributed by atoms with Crippen molar-refractivity contribution in [3.05, 3.63) is 47.5 Å². The van der Waals surface area contributed by atoms with E-state index < -0.39 is 10.0 Å². The topological polar surface area (TPSA) is 86.2 Å². The molecule has 8 heteroatoms. The van der Waals surface area contributed by atoms with Gasteiger partial charge >= 0.3 is 0 Å². The number of nitrogens with zero attached hydrogens (tertiary/aromatic N) is 1. The van der Waals surface area contributed by atoms with Gasteiger partial charge in [0.05, 0.1) is 38.0 Å². The van der Waals surface area contributed by atoms with Gasteiger partial charge in [-0.05, 0) is 19.1 Å². The molecule has 0 spiro atoms. The molecule has 2 aromatic rings. The Morgan fingerprint density at radius 1 is 0.960 bits per heavy atom. The van der Waals surface area contributed by atoms with Crippen LogP contribution in [0.15, 0.2) is 46.4 Å². The molecule has 0 heterocycles. The second-order valence-corrected chi connectivity index (χ2v) is 6.77. The molecule has 0 saturated heterocycles. The molecule has 0 aliphatic rings. The third-order valence-electron chi connectivity index (χ3n) is 3.45. The zero-order chi connectivity index (χ0) is 18.4. The lowest BCUT2D eigenvalue weighted by molar-refractivity contribution is 0.374. The zero-order valence-electron chi connectivity index (χ0n) is 14.4. The van der Waals surface area contributed by atoms with Crippen LogP contribution in [0.2, 0.25) is 0 Å². The lowest BCUT2D eigenvalue weighted by atomic mass is 10.2. The normalized spacial score (nSPS) is 11.4. The van der Waals surface area contributed by atoms with Crippen LogP contribution in [0.5, 0.6) is 17.2 Å². The molecule has 134 valence electrons. The Balaban J connectivity index is 2.28. The van der Waals surface area contributed by atoms with Crippen molar-refractivity contribution in [3.8, 4) is 17.2 Å². The number of hydrogen-bond acceptors (Lipinski definition) is 6. The monoisotopic (exact) mass is 364 g/mol. The predicted octanol–water partition coefficient (Wildman–Crippen LogP) is 2.33. The fourth-order valence-electron chi connectivity index (χ4n) is 2.09. The van der Waals surface area contributed by atoms with E-state index >= 15 is 0 Å². The molecule has 0 bridgehead atoms. The van der Waals surface area contributed by atoms with Crippen molar-refractivity contribution in [3.63, 3.8) is 0 Å². The number of ether oxygens (including phenoxy) is 3. The molecule has 2 aromatic carbocycles. The van der Waals surface area contributed by atoms with Crippen LogP contribution in [0.3, 0.4) is 0 Å². The van der Waals surface area contributed by atoms with Crippen LogP contribution in [-0.2, 0) is 10.0 Å². The number of nitrogens with one attached hydrogen (secondary N) is 1. The van der Waals surface area contributed by atoms with E-state index in [0.29, 0.717) is 22.8 Å². The van der Waals surface area contributed by atoms with Crippen molar-refractivity contribution >= 4 is 16.2 Å². The molecule has 0 saturated carbocycles. The highest BCUT2D eigenvalue weighted by molar-refractivity contribution is 7.89. The van der Waals surface area contributed by atoms with Gasteiger partial charge in [-0.1, -0.05) is 17.7 Å². The summed E-state index contributed by atoms with van der Waals surface area (Å²) < 4.78 is 40.2. The van der Waals surface area contributed by atoms with E-state index in [1.165, 1.54) is 39.7 Å². The Labute approximate surface area is 147 Å². The number of methoxy groups -OCH3 is 3. The molecule has 1 N–H and O–H groups in total. The molecule has 2 rings (SSSR count). The van der Waals surface area contributed by atoms with E-state index in [1.54, 1.807) is 24.3 Å². The summed E-state index contributed by atoms with van der Waals surface area (Å²) >= 11 is 0. The van der Waals surface area contributed by atoms with Crippen LogP contribution >= 0.6 is 0 Å². The minimum Gasteiger partial charge on any atom is -0.496 e. The number of hydrazone groups is 1. The minimum absolute atomic E-state index is 0.129. The second kappa shape index (κ2) is 7.89. The summed E-state index contributed by atoms with van der Waals surface area (Å²) in [6.07, 6.45) is 1.32. The molecule has 0 atom stereocenters. The number of hydrogen-bond donors (Lipinski definition) is 1. The van der Waals surface area contributed by atoms with Gasteiger partial charge in [-0.2, -0.15) is 13.5 Å². The molecule has 0 radical (unpaired) electrons. The van der Waals surface area contributed by atoms with Gasteiger partial charge in [0.15, 0.2) is 0 Å². The first-order chi connectivity index (χ1) is 11.9. The Bertz CT molecular complexity index is 836. The Kier molecular flexibility index (Phi) is 5.87. The largest absolute Gasteiger partial charge is 0.496 e. The van der Waals surface area contributed by atoms with Gasteiger partial charge in [0, 0.05) is 12.1 Å². The first-order valence-corrected chi connectivity index (χ1v) is 8.81. The third-order valence-corrected chi connectivity index (χ3v) is 4.69. The van der Waals surface area contributed by atoms with E-state index in [-0.39, 0.29) is 4.90 Å². The van der Waals surface area contributed by atoms with E-state index in [9.17, 15) is 8.42 Å². The van der Waals surface area contributed by atoms with Crippen LogP contribution in [-0.4, -0.2) is 36.0 Å². The highest BCUT2D eigenvalue weighted by Gasteiger charge is 2.14. The molecule has 25 heavy (non-hydrogen) atoms. The molecule has 0 aliphatic heterocycles. The van der Waals surface area contributed by atoms with Crippen molar-refractivity contribution in [1.29, 1.82) is 0 Å². The standard InChI is InChI=1S/C17H20N2O5S/c1-12-5-7-14(8-6-12)25(20,21)19-18-11-15-16(23-3)9-13(22-2)10-17(15)24-4/h5-11,19H,1-4H3/b18-11+. The molecule has 0 aliphatic carbocycles. The van der Waals surface area contributed by atoms with E-state index in [0.717, 1.165) is 5.56 Å². The van der Waals surface area contributed by atoms with Crippen LogP contribution in [0.1, 0.15) is 11.1 Å². The fraction of sp³-hybridized carbons (Fsp3) is 0.235. The highest BCUT2D eigenvalue weighted by Crippen LogP contribution is 2.32. The van der Waals surface area contributed by atoms with Crippen molar-refractivity contribution in [2.75, 3.05) is 21.3 Å². The van der Waals surface area contributed by atoms with Gasteiger partial charge in [-0.15, -0.1) is 0 Å². The van der Waals surface area contributed by atoms with Crippen LogP contribution in [0.25, 0.3) is 0 Å². The van der Waals surface area contributed by atoms with Crippen molar-refractivity contribution in [2.45, 2.75) is 11.8 Å². The average Bonchev–Trinajstić information content (AvgIpc) is 2.61. The fourth-order valence-corrected chi connectivity index (χ4v) is 2.88. The summed E-state index contributed by atoms with van der Waals surface area (Å²) in [6.45, 7) is 1.88. The number of aryl methyl sites for hydroxylation is 1. The van der Waals surface area contributed by atoms with Gasteiger partial charge in [-0.25, -0.2) is 4.83 Å². The Morgan fingerprint density at radius 2 is 1.52 bits per heavy atom. The average molecular weight is 364 g/mol. The second-order valence-electron chi connectivity index (χ2n) is 5.11. The van der Waals surface area contributed by atoms with Gasteiger partial charge in [-0.3, -0.25) is 0 Å². The molecular formula is C17H20N2O5S. The number of rotatable bonds is 7. The molecule has 0 aromatic heterocycles. The first kappa shape index (κ1) is 18.6. The summed E-state index contributed by atoms with van der Waals surface area (Å²) in [6, 6.07) is 9.77. The quantitative estimate of drug-likeness (QED) is 0.602. The zero-order valence-corrected chi connectivity index (χ0v) is 15.3. The Morgan fingerprint density at radius 3 is 2.00 bits per heavy atom. The maximum absolute atomic E-state index is 12.2. The molecular weight excluding hydrogens is 344 g/mol. The third kappa shape index (κ3) is 4.42. The molecule has 0 fully saturated rings. The van der Waals surface area contributed by atoms with Gasteiger partial charge in [0.25, 0.3) is 10.0 Å². The lowest BCUT2D eigenvalue weighted by Crippen LogP contribution is -2.18. The van der Waals surface area contributed by atoms with E-state index in [4.69, 9.17) is 14.2 Å². The van der Waals surface area contributed by atoms with Crippen molar-refractivity contribution in [1.82, 2.24) is 4.83 Å². The first-order valence-electron chi connectivity index (χ1n) is 7.33. The van der Waals surface area contributed by atoms with Crippen LogP contribution in [0, 0.1) is 6.92 Å². The van der Waals surface area contributed by atoms with Gasteiger partial charge < -0.3 is 14.2 Å². The predicted molar refractivity (Wildman–Crippen MR) is 95.2 cm³/mol. The van der Waals surface area contributed by atoms with E-state index in [1.807, 2.05) is 6.92 Å². The SMILES string of the molecule is COc1cc(OC)c(/C=N/NS(=O)(=O)c2ccc(C)cc2)c(OC)c1.